The van der Waals surface area contributed by atoms with Crippen molar-refractivity contribution in [1.82, 2.24) is 39.5 Å². The Bertz CT molecular complexity index is 3850. The van der Waals surface area contributed by atoms with Gasteiger partial charge in [0, 0.05) is 85.1 Å². The SMILES string of the molecule is Cc1cc(F)c(Nc2nc(-c3ccc4c(c3)N(C3CC(N5CCCCC5)C3)C(=O)C43CCN(C(=O)c4ccc(C(=O)N5CCC(c6ccc7c(c6)C(=O)N(C6CCC(=O)NC6=O)C7=O)CC5)cc4)CC3)cc3ncn(C(C)C)c23)cc1C(=O)CC(C)C. The van der Waals surface area contributed by atoms with E-state index in [0.29, 0.717) is 109 Å². The fraction of sp³-hybridized carbons (Fsp3) is 0.441. The molecule has 1 spiro atoms. The number of hydrogen-bond donors (Lipinski definition) is 2. The smallest absolute Gasteiger partial charge is 0.262 e. The monoisotopic (exact) mass is 1180 g/mol. The molecule has 6 aliphatic heterocycles. The van der Waals surface area contributed by atoms with Gasteiger partial charge in [0.15, 0.2) is 11.6 Å². The van der Waals surface area contributed by atoms with Crippen LogP contribution in [-0.2, 0) is 19.8 Å². The molecule has 18 nitrogen and oxygen atoms in total. The Morgan fingerprint density at radius 3 is 2.08 bits per heavy atom. The third-order valence-corrected chi connectivity index (χ3v) is 19.6. The quantitative estimate of drug-likeness (QED) is 0.0818. The normalized spacial score (nSPS) is 21.5. The Labute approximate surface area is 504 Å². The fourth-order valence-electron chi connectivity index (χ4n) is 14.7. The van der Waals surface area contributed by atoms with Crippen LogP contribution in [0.5, 0.6) is 0 Å². The van der Waals surface area contributed by atoms with Crippen LogP contribution < -0.4 is 15.5 Å². The zero-order valence-electron chi connectivity index (χ0n) is 50.0. The van der Waals surface area contributed by atoms with Gasteiger partial charge in [-0.05, 0) is 181 Å². The Morgan fingerprint density at radius 2 is 1.41 bits per heavy atom. The molecule has 4 saturated heterocycles. The largest absolute Gasteiger partial charge is 0.339 e. The van der Waals surface area contributed by atoms with Crippen molar-refractivity contribution in [1.29, 1.82) is 0 Å². The second-order valence-corrected chi connectivity index (χ2v) is 25.8. The number of likely N-dealkylation sites (tertiary alicyclic amines) is 3. The molecule has 7 aliphatic rings. The van der Waals surface area contributed by atoms with Gasteiger partial charge in [-0.1, -0.05) is 38.5 Å². The number of anilines is 3. The van der Waals surface area contributed by atoms with E-state index in [9.17, 15) is 33.6 Å². The van der Waals surface area contributed by atoms with Gasteiger partial charge in [-0.25, -0.2) is 14.4 Å². The number of fused-ring (bicyclic) bond motifs is 4. The summed E-state index contributed by atoms with van der Waals surface area (Å²) in [7, 11) is 0. The molecule has 1 atom stereocenters. The third kappa shape index (κ3) is 10.3. The zero-order valence-corrected chi connectivity index (χ0v) is 50.0. The van der Waals surface area contributed by atoms with Gasteiger partial charge < -0.3 is 29.5 Å². The number of piperidine rings is 4. The van der Waals surface area contributed by atoms with Gasteiger partial charge in [-0.15, -0.1) is 0 Å². The molecule has 1 unspecified atom stereocenters. The van der Waals surface area contributed by atoms with E-state index < -0.39 is 40.9 Å². The van der Waals surface area contributed by atoms with Crippen LogP contribution in [0.25, 0.3) is 22.3 Å². The maximum Gasteiger partial charge on any atom is 0.262 e. The van der Waals surface area contributed by atoms with Gasteiger partial charge in [0.25, 0.3) is 23.6 Å². The minimum atomic E-state index is -1.04. The number of benzene rings is 4. The topological polar surface area (TPSA) is 208 Å². The van der Waals surface area contributed by atoms with Crippen molar-refractivity contribution < 1.29 is 42.7 Å². The average Bonchev–Trinajstić information content (AvgIpc) is 1.58. The molecular weight excluding hydrogens is 1100 g/mol. The van der Waals surface area contributed by atoms with Crippen molar-refractivity contribution in [3.63, 3.8) is 0 Å². The van der Waals surface area contributed by atoms with Crippen LogP contribution in [0.15, 0.2) is 85.2 Å². The van der Waals surface area contributed by atoms with Crippen molar-refractivity contribution in [3.8, 4) is 11.3 Å². The number of rotatable bonds is 13. The first-order valence-electron chi connectivity index (χ1n) is 31.1. The summed E-state index contributed by atoms with van der Waals surface area (Å²) in [5, 5.41) is 5.52. The highest BCUT2D eigenvalue weighted by molar-refractivity contribution is 6.23. The second kappa shape index (κ2) is 22.7. The average molecular weight is 1180 g/mol. The lowest BCUT2D eigenvalue weighted by molar-refractivity contribution is -0.136. The number of carbonyl (C=O) groups excluding carboxylic acids is 8. The third-order valence-electron chi connectivity index (χ3n) is 19.6. The molecule has 8 heterocycles. The molecule has 13 rings (SSSR count). The molecule has 87 heavy (non-hydrogen) atoms. The number of halogens is 1. The number of carbonyl (C=O) groups is 8. The van der Waals surface area contributed by atoms with Gasteiger partial charge in [-0.3, -0.25) is 48.6 Å². The molecule has 7 amide bonds. The van der Waals surface area contributed by atoms with E-state index in [4.69, 9.17) is 9.97 Å². The van der Waals surface area contributed by atoms with Crippen LogP contribution in [0.3, 0.4) is 0 Å². The number of amides is 7. The predicted molar refractivity (Wildman–Crippen MR) is 326 cm³/mol. The summed E-state index contributed by atoms with van der Waals surface area (Å²) < 4.78 is 18.0. The molecule has 2 N–H and O–H groups in total. The van der Waals surface area contributed by atoms with Crippen LogP contribution in [0.1, 0.15) is 185 Å². The minimum Gasteiger partial charge on any atom is -0.339 e. The first-order valence-corrected chi connectivity index (χ1v) is 31.1. The molecule has 1 saturated carbocycles. The number of pyridine rings is 1. The zero-order chi connectivity index (χ0) is 60.7. The van der Waals surface area contributed by atoms with Gasteiger partial charge in [0.2, 0.25) is 17.7 Å². The summed E-state index contributed by atoms with van der Waals surface area (Å²) in [5.41, 5.74) is 7.05. The van der Waals surface area contributed by atoms with Gasteiger partial charge in [0.1, 0.15) is 17.4 Å². The summed E-state index contributed by atoms with van der Waals surface area (Å²) in [6.07, 6.45) is 9.70. The van der Waals surface area contributed by atoms with E-state index in [2.05, 4.69) is 32.6 Å². The van der Waals surface area contributed by atoms with Crippen molar-refractivity contribution in [3.05, 3.63) is 136 Å². The van der Waals surface area contributed by atoms with E-state index >= 15 is 9.18 Å². The van der Waals surface area contributed by atoms with Gasteiger partial charge in [0.05, 0.1) is 39.8 Å². The van der Waals surface area contributed by atoms with Crippen LogP contribution in [0, 0.1) is 18.7 Å². The van der Waals surface area contributed by atoms with Crippen LogP contribution >= 0.6 is 0 Å². The highest BCUT2D eigenvalue weighted by Crippen LogP contribution is 2.52. The maximum atomic E-state index is 16.0. The van der Waals surface area contributed by atoms with E-state index in [1.807, 2.05) is 55.4 Å². The van der Waals surface area contributed by atoms with E-state index in [-0.39, 0.29) is 77.1 Å². The van der Waals surface area contributed by atoms with Crippen molar-refractivity contribution in [2.75, 3.05) is 49.5 Å². The fourth-order valence-corrected chi connectivity index (χ4v) is 14.7. The summed E-state index contributed by atoms with van der Waals surface area (Å²) in [6, 6.07) is 22.4. The lowest BCUT2D eigenvalue weighted by Crippen LogP contribution is -2.58. The van der Waals surface area contributed by atoms with E-state index in [1.165, 1.54) is 25.3 Å². The maximum absolute atomic E-state index is 16.0. The molecule has 6 aromatic rings. The molecule has 5 fully saturated rings. The number of hydrogen-bond acceptors (Lipinski definition) is 12. The highest BCUT2D eigenvalue weighted by Gasteiger charge is 2.56. The molecule has 2 aromatic heterocycles. The first kappa shape index (κ1) is 57.6. The molecule has 0 bridgehead atoms. The Hall–Kier alpha value is -8.45. The molecule has 4 aromatic carbocycles. The molecule has 450 valence electrons. The summed E-state index contributed by atoms with van der Waals surface area (Å²) in [4.78, 5) is 127. The standard InChI is InChI=1S/C68H73FN10O8/c1-38(2)29-58(80)49-35-54(52(69)30-40(49)5)72-61-60-55(70-37-77(60)39(3)4)36-53(71-61)45-14-16-51-57(32-45)78(47-33-46(34-47)74-23-7-6-8-24-74)67(87)68(51)21-27-76(28-22-68)64(84)43-11-9-42(10-12-43)63(83)75-25-19-41(20-26-75)44-13-15-48-50(31-44)66(86)79(65(48)85)56-17-18-59(81)73-62(56)82/h9-16,30-32,35-39,41,46-47,56H,6-8,17-29,33-34H2,1-5H3,(H,71,72)(H,73,81,82). The number of imide groups is 2. The predicted octanol–water partition coefficient (Wildman–Crippen LogP) is 10.1. The summed E-state index contributed by atoms with van der Waals surface area (Å²) >= 11 is 0. The first-order chi connectivity index (χ1) is 41.8. The molecule has 0 radical (unpaired) electrons. The lowest BCUT2D eigenvalue weighted by Gasteiger charge is -2.48. The van der Waals surface area contributed by atoms with Crippen LogP contribution in [0.4, 0.5) is 21.6 Å². The lowest BCUT2D eigenvalue weighted by atomic mass is 9.73. The van der Waals surface area contributed by atoms with Gasteiger partial charge in [-0.2, -0.15) is 0 Å². The number of ketones is 1. The van der Waals surface area contributed by atoms with E-state index in [0.717, 1.165) is 53.2 Å². The molecule has 1 aliphatic carbocycles. The summed E-state index contributed by atoms with van der Waals surface area (Å²) in [5.74, 6) is -2.46. The van der Waals surface area contributed by atoms with E-state index in [1.54, 1.807) is 60.6 Å². The highest BCUT2D eigenvalue weighted by atomic mass is 19.1. The Balaban J connectivity index is 0.708. The van der Waals surface area contributed by atoms with Crippen LogP contribution in [-0.4, -0.2) is 139 Å². The number of nitrogens with one attached hydrogen (secondary N) is 2. The number of imidazole rings is 1. The minimum absolute atomic E-state index is 0.00271. The van der Waals surface area contributed by atoms with Crippen LogP contribution in [0.2, 0.25) is 0 Å². The van der Waals surface area contributed by atoms with Crippen molar-refractivity contribution in [2.45, 2.75) is 147 Å². The van der Waals surface area contributed by atoms with Crippen molar-refractivity contribution in [2.24, 2.45) is 5.92 Å². The number of aryl methyl sites for hydroxylation is 1. The van der Waals surface area contributed by atoms with Crippen molar-refractivity contribution >= 4 is 75.4 Å². The number of aromatic nitrogens is 3. The Kier molecular flexibility index (Phi) is 15.0. The second-order valence-electron chi connectivity index (χ2n) is 25.8. The number of nitrogens with zero attached hydrogens (tertiary/aromatic N) is 8. The van der Waals surface area contributed by atoms with Gasteiger partial charge >= 0.3 is 0 Å². The molecular formula is C68H73FN10O8. The molecule has 19 heteroatoms. The number of Topliss-reactive ketones (excluding diaryl/α,β-unsaturated/α-hetero) is 1. The Morgan fingerprint density at radius 1 is 0.736 bits per heavy atom. The summed E-state index contributed by atoms with van der Waals surface area (Å²) in [6.45, 7) is 13.6.